The molecule has 56 valence electrons. The molecule has 0 aliphatic rings. The van der Waals surface area contributed by atoms with Crippen LogP contribution in [0.5, 0.6) is 0 Å². The molecular formula is C10H13Al. The zero-order valence-corrected chi connectivity index (χ0v) is 8.81. The highest BCUT2D eigenvalue weighted by Gasteiger charge is 2.01. The third-order valence-electron chi connectivity index (χ3n) is 2.52. The summed E-state index contributed by atoms with van der Waals surface area (Å²) in [4.78, 5) is 0. The standard InChI is InChI=1S/C10H13.Al/c1-7-5-6-8(2)10(4)9(7)3;/h5H,1-4H3;. The molecule has 0 unspecified atom stereocenters. The fourth-order valence-corrected chi connectivity index (χ4v) is 1.71. The van der Waals surface area contributed by atoms with Gasteiger partial charge in [-0.15, -0.1) is 4.43 Å². The van der Waals surface area contributed by atoms with Gasteiger partial charge in [-0.2, -0.15) is 0 Å². The van der Waals surface area contributed by atoms with Crippen molar-refractivity contribution >= 4 is 20.7 Å². The van der Waals surface area contributed by atoms with Crippen molar-refractivity contribution in [2.24, 2.45) is 0 Å². The van der Waals surface area contributed by atoms with Crippen molar-refractivity contribution in [3.63, 3.8) is 0 Å². The van der Waals surface area contributed by atoms with Crippen molar-refractivity contribution in [2.45, 2.75) is 27.7 Å². The molecule has 2 radical (unpaired) electrons. The van der Waals surface area contributed by atoms with Gasteiger partial charge in [0.1, 0.15) is 0 Å². The fraction of sp³-hybridized carbons (Fsp3) is 0.400. The Hall–Kier alpha value is -0.248. The quantitative estimate of drug-likeness (QED) is 0.507. The van der Waals surface area contributed by atoms with Crippen LogP contribution in [-0.2, 0) is 0 Å². The van der Waals surface area contributed by atoms with Crippen LogP contribution in [0.3, 0.4) is 0 Å². The monoisotopic (exact) mass is 160 g/mol. The Morgan fingerprint density at radius 3 is 2.00 bits per heavy atom. The molecule has 1 heteroatoms. The molecule has 0 atom stereocenters. The molecule has 0 amide bonds. The van der Waals surface area contributed by atoms with E-state index in [0.29, 0.717) is 0 Å². The summed E-state index contributed by atoms with van der Waals surface area (Å²) >= 11 is 2.78. The Labute approximate surface area is 77.1 Å². The van der Waals surface area contributed by atoms with Crippen LogP contribution in [0.25, 0.3) is 0 Å². The number of benzene rings is 1. The number of aryl methyl sites for hydroxylation is 1. The molecule has 0 nitrogen and oxygen atoms in total. The maximum Gasteiger partial charge on any atom is 0.176 e. The molecular weight excluding hydrogens is 147 g/mol. The maximum atomic E-state index is 2.78. The summed E-state index contributed by atoms with van der Waals surface area (Å²) in [6.07, 6.45) is 0. The second kappa shape index (κ2) is 3.01. The van der Waals surface area contributed by atoms with Crippen LogP contribution in [0.4, 0.5) is 0 Å². The SMILES string of the molecule is Cc1c[c]([Al])c(C)c(C)c1C. The normalized spacial score (nSPS) is 10.2. The average molecular weight is 160 g/mol. The summed E-state index contributed by atoms with van der Waals surface area (Å²) in [7, 11) is 0. The second-order valence-electron chi connectivity index (χ2n) is 3.16. The molecule has 1 aromatic rings. The minimum atomic E-state index is 1.32. The van der Waals surface area contributed by atoms with Crippen LogP contribution < -0.4 is 4.43 Å². The lowest BCUT2D eigenvalue weighted by Gasteiger charge is -2.11. The van der Waals surface area contributed by atoms with Gasteiger partial charge in [0, 0.05) is 0 Å². The summed E-state index contributed by atoms with van der Waals surface area (Å²) in [5.41, 5.74) is 5.64. The molecule has 0 saturated carbocycles. The highest BCUT2D eigenvalue weighted by Crippen LogP contribution is 2.13. The van der Waals surface area contributed by atoms with Gasteiger partial charge in [-0.05, 0) is 44.4 Å². The van der Waals surface area contributed by atoms with E-state index in [1.807, 2.05) is 0 Å². The molecule has 0 saturated heterocycles. The second-order valence-corrected chi connectivity index (χ2v) is 3.78. The van der Waals surface area contributed by atoms with E-state index in [1.54, 1.807) is 0 Å². The average Bonchev–Trinajstić information content (AvgIpc) is 1.97. The van der Waals surface area contributed by atoms with E-state index in [1.165, 1.54) is 26.7 Å². The van der Waals surface area contributed by atoms with E-state index >= 15 is 0 Å². The first-order chi connectivity index (χ1) is 5.04. The van der Waals surface area contributed by atoms with E-state index in [9.17, 15) is 0 Å². The highest BCUT2D eigenvalue weighted by molar-refractivity contribution is 6.33. The Morgan fingerprint density at radius 1 is 0.909 bits per heavy atom. The molecule has 0 aliphatic heterocycles. The zero-order chi connectivity index (χ0) is 8.59. The third-order valence-corrected chi connectivity index (χ3v) is 3.12. The van der Waals surface area contributed by atoms with Crippen LogP contribution >= 0.6 is 0 Å². The molecule has 1 aromatic carbocycles. The maximum absolute atomic E-state index is 2.78. The van der Waals surface area contributed by atoms with Crippen molar-refractivity contribution in [3.8, 4) is 0 Å². The first kappa shape index (κ1) is 8.85. The third kappa shape index (κ3) is 1.50. The lowest BCUT2D eigenvalue weighted by molar-refractivity contribution is 1.23. The van der Waals surface area contributed by atoms with Gasteiger partial charge in [-0.25, -0.2) is 0 Å². The summed E-state index contributed by atoms with van der Waals surface area (Å²) in [6.45, 7) is 8.70. The summed E-state index contributed by atoms with van der Waals surface area (Å²) < 4.78 is 1.32. The number of hydrogen-bond acceptors (Lipinski definition) is 0. The van der Waals surface area contributed by atoms with E-state index in [4.69, 9.17) is 0 Å². The first-order valence-electron chi connectivity index (χ1n) is 3.87. The van der Waals surface area contributed by atoms with Crippen LogP contribution in [0.2, 0.25) is 0 Å². The topological polar surface area (TPSA) is 0 Å². The molecule has 1 rings (SSSR count). The predicted molar refractivity (Wildman–Crippen MR) is 50.8 cm³/mol. The molecule has 0 heterocycles. The Balaban J connectivity index is 3.46. The molecule has 0 N–H and O–H groups in total. The van der Waals surface area contributed by atoms with Gasteiger partial charge < -0.3 is 0 Å². The van der Waals surface area contributed by atoms with E-state index in [-0.39, 0.29) is 0 Å². The summed E-state index contributed by atoms with van der Waals surface area (Å²) in [6, 6.07) is 2.22. The van der Waals surface area contributed by atoms with E-state index < -0.39 is 0 Å². The Kier molecular flexibility index (Phi) is 2.42. The van der Waals surface area contributed by atoms with Gasteiger partial charge in [0.05, 0.1) is 0 Å². The number of rotatable bonds is 0. The van der Waals surface area contributed by atoms with Crippen LogP contribution in [0.1, 0.15) is 22.3 Å². The van der Waals surface area contributed by atoms with Crippen molar-refractivity contribution in [1.82, 2.24) is 0 Å². The Morgan fingerprint density at radius 2 is 1.45 bits per heavy atom. The van der Waals surface area contributed by atoms with Crippen LogP contribution in [0, 0.1) is 27.7 Å². The lowest BCUT2D eigenvalue weighted by atomic mass is 10.00. The predicted octanol–water partition coefficient (Wildman–Crippen LogP) is 1.71. The fourth-order valence-electron chi connectivity index (χ4n) is 1.24. The summed E-state index contributed by atoms with van der Waals surface area (Å²) in [5, 5.41) is 0. The van der Waals surface area contributed by atoms with Gasteiger partial charge in [0.25, 0.3) is 0 Å². The van der Waals surface area contributed by atoms with Gasteiger partial charge in [-0.3, -0.25) is 0 Å². The lowest BCUT2D eigenvalue weighted by Crippen LogP contribution is -2.11. The van der Waals surface area contributed by atoms with Crippen molar-refractivity contribution in [1.29, 1.82) is 0 Å². The number of hydrogen-bond donors (Lipinski definition) is 0. The van der Waals surface area contributed by atoms with Crippen LogP contribution in [-0.4, -0.2) is 16.3 Å². The van der Waals surface area contributed by atoms with E-state index in [2.05, 4.69) is 50.1 Å². The van der Waals surface area contributed by atoms with E-state index in [0.717, 1.165) is 0 Å². The smallest absolute Gasteiger partial charge is 0.136 e. The Bertz CT molecular complexity index is 261. The highest BCUT2D eigenvalue weighted by atomic mass is 27.0. The first-order valence-corrected chi connectivity index (χ1v) is 4.44. The van der Waals surface area contributed by atoms with Gasteiger partial charge in [0.15, 0.2) is 16.3 Å². The largest absolute Gasteiger partial charge is 0.176 e. The summed E-state index contributed by atoms with van der Waals surface area (Å²) in [5.74, 6) is 0. The van der Waals surface area contributed by atoms with Crippen molar-refractivity contribution in [2.75, 3.05) is 0 Å². The molecule has 0 fully saturated rings. The van der Waals surface area contributed by atoms with Crippen molar-refractivity contribution in [3.05, 3.63) is 28.3 Å². The molecule has 11 heavy (non-hydrogen) atoms. The van der Waals surface area contributed by atoms with Gasteiger partial charge in [-0.1, -0.05) is 11.6 Å². The zero-order valence-electron chi connectivity index (χ0n) is 7.65. The molecule has 0 aromatic heterocycles. The molecule has 0 bridgehead atoms. The minimum absolute atomic E-state index is 1.32. The van der Waals surface area contributed by atoms with Gasteiger partial charge in [0.2, 0.25) is 0 Å². The van der Waals surface area contributed by atoms with Crippen molar-refractivity contribution < 1.29 is 0 Å². The molecule has 0 aliphatic carbocycles. The minimum Gasteiger partial charge on any atom is -0.136 e. The molecule has 0 spiro atoms. The van der Waals surface area contributed by atoms with Gasteiger partial charge >= 0.3 is 0 Å². The van der Waals surface area contributed by atoms with Crippen LogP contribution in [0.15, 0.2) is 6.07 Å².